The third-order valence-electron chi connectivity index (χ3n) is 4.60. The first-order valence-electron chi connectivity index (χ1n) is 8.79. The fourth-order valence-corrected chi connectivity index (χ4v) is 2.96. The molecule has 1 saturated carbocycles. The van der Waals surface area contributed by atoms with Gasteiger partial charge in [0.1, 0.15) is 0 Å². The topological polar surface area (TPSA) is 52.7 Å². The van der Waals surface area contributed by atoms with Crippen LogP contribution in [0.2, 0.25) is 0 Å². The molecule has 132 valence electrons. The highest BCUT2D eigenvalue weighted by Crippen LogP contribution is 2.29. The summed E-state index contributed by atoms with van der Waals surface area (Å²) in [5, 5.41) is 3.02. The molecular formula is C19H29N3O2. The number of amides is 2. The van der Waals surface area contributed by atoms with Gasteiger partial charge in [0.15, 0.2) is 0 Å². The maximum atomic E-state index is 12.2. The predicted molar refractivity (Wildman–Crippen MR) is 98.1 cm³/mol. The Morgan fingerprint density at radius 3 is 2.46 bits per heavy atom. The van der Waals surface area contributed by atoms with Crippen molar-refractivity contribution >= 4 is 23.2 Å². The molecule has 2 rings (SSSR count). The highest BCUT2D eigenvalue weighted by molar-refractivity contribution is 5.93. The smallest absolute Gasteiger partial charge is 0.227 e. The van der Waals surface area contributed by atoms with E-state index in [9.17, 15) is 9.59 Å². The predicted octanol–water partition coefficient (Wildman–Crippen LogP) is 3.25. The normalized spacial score (nSPS) is 14.0. The lowest BCUT2D eigenvalue weighted by Crippen LogP contribution is -2.30. The lowest BCUT2D eigenvalue weighted by molar-refractivity contribution is -0.129. The second-order valence-electron chi connectivity index (χ2n) is 6.80. The molecule has 1 aromatic carbocycles. The summed E-state index contributed by atoms with van der Waals surface area (Å²) < 4.78 is 0. The second kappa shape index (κ2) is 8.18. The zero-order chi connectivity index (χ0) is 17.7. The minimum atomic E-state index is 0.0745. The van der Waals surface area contributed by atoms with Crippen LogP contribution in [0.1, 0.15) is 45.1 Å². The van der Waals surface area contributed by atoms with Gasteiger partial charge in [0.2, 0.25) is 11.8 Å². The number of hydrogen-bond acceptors (Lipinski definition) is 3. The Labute approximate surface area is 145 Å². The molecular weight excluding hydrogens is 302 g/mol. The number of benzene rings is 1. The number of carbonyl (C=O) groups is 2. The van der Waals surface area contributed by atoms with Crippen LogP contribution < -0.4 is 10.2 Å². The van der Waals surface area contributed by atoms with E-state index in [1.165, 1.54) is 0 Å². The van der Waals surface area contributed by atoms with Crippen molar-refractivity contribution in [2.75, 3.05) is 30.9 Å². The maximum absolute atomic E-state index is 12.2. The lowest BCUT2D eigenvalue weighted by Gasteiger charge is -2.26. The molecule has 1 N–H and O–H groups in total. The number of carbonyl (C=O) groups excluding carboxylic acids is 2. The quantitative estimate of drug-likeness (QED) is 0.834. The number of hydrogen-bond donors (Lipinski definition) is 1. The van der Waals surface area contributed by atoms with Gasteiger partial charge in [0.25, 0.3) is 0 Å². The van der Waals surface area contributed by atoms with Crippen molar-refractivity contribution in [3.8, 4) is 0 Å². The van der Waals surface area contributed by atoms with Gasteiger partial charge < -0.3 is 15.1 Å². The average molecular weight is 331 g/mol. The molecule has 0 spiro atoms. The first-order chi connectivity index (χ1) is 11.4. The van der Waals surface area contributed by atoms with Gasteiger partial charge in [0, 0.05) is 51.4 Å². The van der Waals surface area contributed by atoms with Gasteiger partial charge in [-0.15, -0.1) is 0 Å². The van der Waals surface area contributed by atoms with E-state index in [2.05, 4.69) is 12.2 Å². The van der Waals surface area contributed by atoms with Crippen molar-refractivity contribution in [3.63, 3.8) is 0 Å². The third kappa shape index (κ3) is 4.49. The van der Waals surface area contributed by atoms with Crippen LogP contribution in [0.25, 0.3) is 0 Å². The number of rotatable bonds is 7. The first kappa shape index (κ1) is 18.3. The summed E-state index contributed by atoms with van der Waals surface area (Å²) in [6.45, 7) is 4.97. The van der Waals surface area contributed by atoms with Gasteiger partial charge >= 0.3 is 0 Å². The highest BCUT2D eigenvalue weighted by atomic mass is 16.2. The fourth-order valence-electron chi connectivity index (χ4n) is 2.96. The van der Waals surface area contributed by atoms with Crippen molar-refractivity contribution in [1.82, 2.24) is 4.90 Å². The van der Waals surface area contributed by atoms with Crippen molar-refractivity contribution in [2.24, 2.45) is 5.92 Å². The van der Waals surface area contributed by atoms with Crippen LogP contribution in [0.5, 0.6) is 0 Å². The fraction of sp³-hybridized carbons (Fsp3) is 0.579. The Kier molecular flexibility index (Phi) is 6.23. The van der Waals surface area contributed by atoms with E-state index in [4.69, 9.17) is 0 Å². The van der Waals surface area contributed by atoms with Crippen LogP contribution in [-0.2, 0) is 16.1 Å². The number of anilines is 2. The Balaban J connectivity index is 2.20. The monoisotopic (exact) mass is 331 g/mol. The van der Waals surface area contributed by atoms with E-state index in [-0.39, 0.29) is 17.7 Å². The summed E-state index contributed by atoms with van der Waals surface area (Å²) in [6, 6.07) is 5.95. The molecule has 1 fully saturated rings. The molecule has 0 saturated heterocycles. The van der Waals surface area contributed by atoms with Crippen molar-refractivity contribution in [1.29, 1.82) is 0 Å². The van der Waals surface area contributed by atoms with Crippen LogP contribution in [0.15, 0.2) is 18.2 Å². The summed E-state index contributed by atoms with van der Waals surface area (Å²) in [5.41, 5.74) is 2.93. The summed E-state index contributed by atoms with van der Waals surface area (Å²) in [5.74, 6) is 0.350. The standard InChI is InChI=1S/C19H29N3O2/c1-5-11-22(14(2)23)13-16-12-17(9-10-18(16)21(3)4)20-19(24)15-7-6-8-15/h9-10,12,15H,5-8,11,13H2,1-4H3,(H,20,24). The molecule has 24 heavy (non-hydrogen) atoms. The average Bonchev–Trinajstić information content (AvgIpc) is 2.44. The Hall–Kier alpha value is -2.04. The second-order valence-corrected chi connectivity index (χ2v) is 6.80. The van der Waals surface area contributed by atoms with Crippen molar-refractivity contribution in [2.45, 2.75) is 46.1 Å². The molecule has 1 aliphatic carbocycles. The Bertz CT molecular complexity index is 594. The zero-order valence-electron chi connectivity index (χ0n) is 15.3. The molecule has 0 aliphatic heterocycles. The molecule has 5 heteroatoms. The zero-order valence-corrected chi connectivity index (χ0v) is 15.3. The lowest BCUT2D eigenvalue weighted by atomic mass is 9.85. The van der Waals surface area contributed by atoms with Crippen LogP contribution in [-0.4, -0.2) is 37.4 Å². The molecule has 0 heterocycles. The van der Waals surface area contributed by atoms with E-state index in [0.29, 0.717) is 6.54 Å². The van der Waals surface area contributed by atoms with Gasteiger partial charge in [-0.1, -0.05) is 13.3 Å². The SMILES string of the molecule is CCCN(Cc1cc(NC(=O)C2CCC2)ccc1N(C)C)C(C)=O. The van der Waals surface area contributed by atoms with Gasteiger partial charge in [-0.05, 0) is 43.0 Å². The van der Waals surface area contributed by atoms with Gasteiger partial charge in [0.05, 0.1) is 0 Å². The largest absolute Gasteiger partial charge is 0.377 e. The summed E-state index contributed by atoms with van der Waals surface area (Å²) in [6.07, 6.45) is 4.05. The molecule has 1 aliphatic rings. The molecule has 0 radical (unpaired) electrons. The molecule has 2 amide bonds. The van der Waals surface area contributed by atoms with Gasteiger partial charge in [-0.25, -0.2) is 0 Å². The van der Waals surface area contributed by atoms with Crippen LogP contribution >= 0.6 is 0 Å². The Morgan fingerprint density at radius 1 is 1.25 bits per heavy atom. The molecule has 1 aromatic rings. The van der Waals surface area contributed by atoms with Crippen molar-refractivity contribution in [3.05, 3.63) is 23.8 Å². The van der Waals surface area contributed by atoms with E-state index in [1.807, 2.05) is 42.1 Å². The summed E-state index contributed by atoms with van der Waals surface area (Å²) in [7, 11) is 3.98. The van der Waals surface area contributed by atoms with Crippen LogP contribution in [0.3, 0.4) is 0 Å². The molecule has 0 aromatic heterocycles. The van der Waals surface area contributed by atoms with Gasteiger partial charge in [-0.2, -0.15) is 0 Å². The molecule has 0 bridgehead atoms. The maximum Gasteiger partial charge on any atom is 0.227 e. The third-order valence-corrected chi connectivity index (χ3v) is 4.60. The van der Waals surface area contributed by atoms with Crippen LogP contribution in [0.4, 0.5) is 11.4 Å². The molecule has 0 unspecified atom stereocenters. The number of nitrogens with zero attached hydrogens (tertiary/aromatic N) is 2. The Morgan fingerprint density at radius 2 is 1.96 bits per heavy atom. The first-order valence-corrected chi connectivity index (χ1v) is 8.79. The van der Waals surface area contributed by atoms with E-state index in [0.717, 1.165) is 49.2 Å². The molecule has 0 atom stereocenters. The molecule has 5 nitrogen and oxygen atoms in total. The van der Waals surface area contributed by atoms with Gasteiger partial charge in [-0.3, -0.25) is 9.59 Å². The minimum absolute atomic E-state index is 0.0745. The van der Waals surface area contributed by atoms with E-state index >= 15 is 0 Å². The summed E-state index contributed by atoms with van der Waals surface area (Å²) >= 11 is 0. The highest BCUT2D eigenvalue weighted by Gasteiger charge is 2.25. The number of nitrogens with one attached hydrogen (secondary N) is 1. The summed E-state index contributed by atoms with van der Waals surface area (Å²) in [4.78, 5) is 27.9. The van der Waals surface area contributed by atoms with E-state index in [1.54, 1.807) is 6.92 Å². The van der Waals surface area contributed by atoms with Crippen LogP contribution in [0, 0.1) is 5.92 Å². The van der Waals surface area contributed by atoms with Crippen molar-refractivity contribution < 1.29 is 9.59 Å². The van der Waals surface area contributed by atoms with E-state index < -0.39 is 0 Å². The minimum Gasteiger partial charge on any atom is -0.377 e.